The Hall–Kier alpha value is -2.15. The van der Waals surface area contributed by atoms with Crippen molar-refractivity contribution in [3.05, 3.63) is 57.5 Å². The fraction of sp³-hybridized carbons (Fsp3) is 0.118. The van der Waals surface area contributed by atoms with Gasteiger partial charge in [0.1, 0.15) is 5.82 Å². The molecule has 2 heterocycles. The molecule has 3 aromatic rings. The number of halogens is 2. The molecule has 2 aromatic heterocycles. The van der Waals surface area contributed by atoms with E-state index < -0.39 is 0 Å². The molecule has 0 aliphatic rings. The molecule has 128 valence electrons. The lowest BCUT2D eigenvalue weighted by molar-refractivity contribution is 0.102. The van der Waals surface area contributed by atoms with Crippen LogP contribution < -0.4 is 10.2 Å². The molecule has 5 nitrogen and oxygen atoms in total. The summed E-state index contributed by atoms with van der Waals surface area (Å²) in [5, 5.41) is 6.20. The van der Waals surface area contributed by atoms with Crippen molar-refractivity contribution in [3.8, 4) is 11.3 Å². The zero-order valence-electron chi connectivity index (χ0n) is 13.5. The first-order valence-electron chi connectivity index (χ1n) is 7.30. The van der Waals surface area contributed by atoms with E-state index in [2.05, 4.69) is 15.3 Å². The zero-order chi connectivity index (χ0) is 18.0. The van der Waals surface area contributed by atoms with Crippen molar-refractivity contribution in [2.24, 2.45) is 0 Å². The van der Waals surface area contributed by atoms with Crippen molar-refractivity contribution in [1.29, 1.82) is 0 Å². The summed E-state index contributed by atoms with van der Waals surface area (Å²) in [5.41, 5.74) is 1.92. The Balaban J connectivity index is 1.83. The Morgan fingerprint density at radius 1 is 1.24 bits per heavy atom. The Morgan fingerprint density at radius 3 is 2.76 bits per heavy atom. The van der Waals surface area contributed by atoms with Gasteiger partial charge in [0, 0.05) is 36.3 Å². The molecule has 0 aliphatic heterocycles. The second-order valence-corrected chi connectivity index (χ2v) is 7.09. The molecule has 0 atom stereocenters. The van der Waals surface area contributed by atoms with Gasteiger partial charge in [-0.2, -0.15) is 0 Å². The second-order valence-electron chi connectivity index (χ2n) is 5.39. The lowest BCUT2D eigenvalue weighted by atomic mass is 10.2. The fourth-order valence-electron chi connectivity index (χ4n) is 2.25. The number of carbonyl (C=O) groups is 1. The van der Waals surface area contributed by atoms with Gasteiger partial charge in [0.2, 0.25) is 0 Å². The third-order valence-corrected chi connectivity index (χ3v) is 4.69. The number of anilines is 2. The van der Waals surface area contributed by atoms with Crippen LogP contribution >= 0.6 is 34.5 Å². The molecule has 0 radical (unpaired) electrons. The zero-order valence-corrected chi connectivity index (χ0v) is 15.8. The van der Waals surface area contributed by atoms with Gasteiger partial charge in [0.05, 0.1) is 16.3 Å². The standard InChI is InChI=1S/C17H14Cl2N4OS/c1-23(2)15-12(4-3-7-20-15)16(24)22-17-21-14(9-25-17)11-6-5-10(18)8-13(11)19/h3-9H,1-2H3,(H,21,22,24). The molecular formula is C17H14Cl2N4OS. The number of hydrogen-bond donors (Lipinski definition) is 1. The molecule has 0 unspecified atom stereocenters. The molecule has 0 aliphatic carbocycles. The van der Waals surface area contributed by atoms with Gasteiger partial charge in [-0.05, 0) is 30.3 Å². The quantitative estimate of drug-likeness (QED) is 0.690. The maximum Gasteiger partial charge on any atom is 0.261 e. The van der Waals surface area contributed by atoms with E-state index in [0.717, 1.165) is 5.56 Å². The Bertz CT molecular complexity index is 927. The van der Waals surface area contributed by atoms with Gasteiger partial charge in [-0.1, -0.05) is 23.2 Å². The minimum absolute atomic E-state index is 0.264. The molecular weight excluding hydrogens is 379 g/mol. The maximum atomic E-state index is 12.5. The van der Waals surface area contributed by atoms with Crippen molar-refractivity contribution >= 4 is 51.4 Å². The third-order valence-electron chi connectivity index (χ3n) is 3.39. The van der Waals surface area contributed by atoms with Crippen LogP contribution in [0.1, 0.15) is 10.4 Å². The maximum absolute atomic E-state index is 12.5. The average molecular weight is 393 g/mol. The Kier molecular flexibility index (Phi) is 5.22. The SMILES string of the molecule is CN(C)c1ncccc1C(=O)Nc1nc(-c2ccc(Cl)cc2Cl)cs1. The number of nitrogens with one attached hydrogen (secondary N) is 1. The molecule has 0 saturated carbocycles. The van der Waals surface area contributed by atoms with Crippen molar-refractivity contribution in [2.45, 2.75) is 0 Å². The van der Waals surface area contributed by atoms with Crippen molar-refractivity contribution < 1.29 is 4.79 Å². The summed E-state index contributed by atoms with van der Waals surface area (Å²) >= 11 is 13.5. The minimum Gasteiger partial charge on any atom is -0.362 e. The molecule has 0 spiro atoms. The first-order chi connectivity index (χ1) is 12.0. The molecule has 1 N–H and O–H groups in total. The number of rotatable bonds is 4. The van der Waals surface area contributed by atoms with Gasteiger partial charge < -0.3 is 4.90 Å². The van der Waals surface area contributed by atoms with E-state index in [1.807, 2.05) is 19.5 Å². The van der Waals surface area contributed by atoms with Gasteiger partial charge >= 0.3 is 0 Å². The molecule has 1 aromatic carbocycles. The average Bonchev–Trinajstić information content (AvgIpc) is 3.02. The predicted molar refractivity (Wildman–Crippen MR) is 104 cm³/mol. The van der Waals surface area contributed by atoms with Crippen LogP contribution in [0.5, 0.6) is 0 Å². The molecule has 0 fully saturated rings. The van der Waals surface area contributed by atoms with Gasteiger partial charge in [-0.15, -0.1) is 11.3 Å². The van der Waals surface area contributed by atoms with Crippen LogP contribution in [0.3, 0.4) is 0 Å². The van der Waals surface area contributed by atoms with E-state index in [-0.39, 0.29) is 5.91 Å². The van der Waals surface area contributed by atoms with Gasteiger partial charge in [-0.3, -0.25) is 10.1 Å². The van der Waals surface area contributed by atoms with Gasteiger partial charge in [0.25, 0.3) is 5.91 Å². The van der Waals surface area contributed by atoms with Crippen LogP contribution in [-0.4, -0.2) is 30.0 Å². The van der Waals surface area contributed by atoms with Crippen LogP contribution in [0.2, 0.25) is 10.0 Å². The summed E-state index contributed by atoms with van der Waals surface area (Å²) in [4.78, 5) is 23.0. The monoisotopic (exact) mass is 392 g/mol. The minimum atomic E-state index is -0.264. The van der Waals surface area contributed by atoms with E-state index in [0.29, 0.717) is 32.3 Å². The highest BCUT2D eigenvalue weighted by Crippen LogP contribution is 2.32. The summed E-state index contributed by atoms with van der Waals surface area (Å²) in [6.45, 7) is 0. The lowest BCUT2D eigenvalue weighted by Crippen LogP contribution is -2.19. The molecule has 8 heteroatoms. The first-order valence-corrected chi connectivity index (χ1v) is 8.94. The number of pyridine rings is 1. The molecule has 0 saturated heterocycles. The van der Waals surface area contributed by atoms with E-state index in [9.17, 15) is 4.79 Å². The largest absolute Gasteiger partial charge is 0.362 e. The second kappa shape index (κ2) is 7.39. The van der Waals surface area contributed by atoms with Gasteiger partial charge in [0.15, 0.2) is 5.13 Å². The van der Waals surface area contributed by atoms with E-state index in [1.54, 1.807) is 41.4 Å². The summed E-state index contributed by atoms with van der Waals surface area (Å²) in [5.74, 6) is 0.331. The van der Waals surface area contributed by atoms with Crippen LogP contribution in [0.15, 0.2) is 41.9 Å². The molecule has 1 amide bonds. The number of carbonyl (C=O) groups excluding carboxylic acids is 1. The van der Waals surface area contributed by atoms with Crippen molar-refractivity contribution in [1.82, 2.24) is 9.97 Å². The van der Waals surface area contributed by atoms with Gasteiger partial charge in [-0.25, -0.2) is 9.97 Å². The Labute approximate surface area is 159 Å². The van der Waals surface area contributed by atoms with Crippen molar-refractivity contribution in [3.63, 3.8) is 0 Å². The van der Waals surface area contributed by atoms with Crippen LogP contribution in [0.25, 0.3) is 11.3 Å². The molecule has 3 rings (SSSR count). The predicted octanol–water partition coefficient (Wildman–Crippen LogP) is 4.83. The summed E-state index contributed by atoms with van der Waals surface area (Å²) < 4.78 is 0. The van der Waals surface area contributed by atoms with Crippen molar-refractivity contribution in [2.75, 3.05) is 24.3 Å². The number of amides is 1. The number of hydrogen-bond acceptors (Lipinski definition) is 5. The topological polar surface area (TPSA) is 58.1 Å². The highest BCUT2D eigenvalue weighted by molar-refractivity contribution is 7.14. The van der Waals surface area contributed by atoms with Crippen LogP contribution in [-0.2, 0) is 0 Å². The van der Waals surface area contributed by atoms with E-state index in [1.165, 1.54) is 11.3 Å². The first kappa shape index (κ1) is 17.7. The van der Waals surface area contributed by atoms with Crippen LogP contribution in [0.4, 0.5) is 10.9 Å². The summed E-state index contributed by atoms with van der Waals surface area (Å²) in [7, 11) is 3.67. The number of benzene rings is 1. The third kappa shape index (κ3) is 3.92. The lowest BCUT2D eigenvalue weighted by Gasteiger charge is -2.14. The summed E-state index contributed by atoms with van der Waals surface area (Å²) in [6, 6.07) is 8.66. The highest BCUT2D eigenvalue weighted by atomic mass is 35.5. The Morgan fingerprint density at radius 2 is 2.04 bits per heavy atom. The highest BCUT2D eigenvalue weighted by Gasteiger charge is 2.16. The summed E-state index contributed by atoms with van der Waals surface area (Å²) in [6.07, 6.45) is 1.65. The van der Waals surface area contributed by atoms with E-state index in [4.69, 9.17) is 23.2 Å². The molecule has 25 heavy (non-hydrogen) atoms. The fourth-order valence-corrected chi connectivity index (χ4v) is 3.46. The number of nitrogens with zero attached hydrogens (tertiary/aromatic N) is 3. The molecule has 0 bridgehead atoms. The number of thiazole rings is 1. The number of aromatic nitrogens is 2. The smallest absolute Gasteiger partial charge is 0.261 e. The van der Waals surface area contributed by atoms with E-state index >= 15 is 0 Å². The van der Waals surface area contributed by atoms with Crippen LogP contribution in [0, 0.1) is 0 Å². The normalized spacial score (nSPS) is 10.6.